The Morgan fingerprint density at radius 3 is 3.11 bits per heavy atom. The van der Waals surface area contributed by atoms with Gasteiger partial charge in [-0.2, -0.15) is 11.3 Å². The number of thiophene rings is 1. The molecule has 1 aromatic carbocycles. The molecular formula is C15H17NO2S. The molecular weight excluding hydrogens is 258 g/mol. The van der Waals surface area contributed by atoms with Crippen molar-refractivity contribution in [2.24, 2.45) is 0 Å². The van der Waals surface area contributed by atoms with Crippen molar-refractivity contribution in [1.82, 2.24) is 5.32 Å². The average molecular weight is 275 g/mol. The number of hydrogen-bond acceptors (Lipinski definition) is 4. The van der Waals surface area contributed by atoms with Crippen LogP contribution in [0.25, 0.3) is 0 Å². The Bertz CT molecular complexity index is 527. The van der Waals surface area contributed by atoms with Crippen LogP contribution in [0.4, 0.5) is 0 Å². The van der Waals surface area contributed by atoms with Crippen LogP contribution in [0.1, 0.15) is 23.1 Å². The van der Waals surface area contributed by atoms with Crippen LogP contribution >= 0.6 is 11.3 Å². The first kappa shape index (κ1) is 12.7. The van der Waals surface area contributed by atoms with Crippen molar-refractivity contribution in [2.45, 2.75) is 12.0 Å². The lowest BCUT2D eigenvalue weighted by atomic mass is 10.0. The van der Waals surface area contributed by atoms with Gasteiger partial charge in [0.15, 0.2) is 0 Å². The zero-order chi connectivity index (χ0) is 13.1. The van der Waals surface area contributed by atoms with Gasteiger partial charge in [0.2, 0.25) is 0 Å². The summed E-state index contributed by atoms with van der Waals surface area (Å²) < 4.78 is 5.64. The first-order chi connectivity index (χ1) is 9.34. The van der Waals surface area contributed by atoms with Crippen LogP contribution in [-0.4, -0.2) is 24.8 Å². The summed E-state index contributed by atoms with van der Waals surface area (Å²) in [6.07, 6.45) is -0.427. The van der Waals surface area contributed by atoms with E-state index in [9.17, 15) is 5.11 Å². The maximum atomic E-state index is 9.99. The van der Waals surface area contributed by atoms with E-state index in [1.807, 2.05) is 35.0 Å². The molecule has 0 bridgehead atoms. The van der Waals surface area contributed by atoms with Crippen LogP contribution in [0.3, 0.4) is 0 Å². The minimum atomic E-state index is -0.427. The summed E-state index contributed by atoms with van der Waals surface area (Å²) in [5.41, 5.74) is 2.25. The van der Waals surface area contributed by atoms with E-state index in [0.29, 0.717) is 12.5 Å². The molecule has 0 amide bonds. The van der Waals surface area contributed by atoms with Crippen molar-refractivity contribution >= 4 is 11.3 Å². The Hall–Kier alpha value is -1.36. The quantitative estimate of drug-likeness (QED) is 0.881. The van der Waals surface area contributed by atoms with Crippen molar-refractivity contribution in [3.05, 3.63) is 52.2 Å². The minimum absolute atomic E-state index is 0.380. The van der Waals surface area contributed by atoms with Crippen molar-refractivity contribution in [3.63, 3.8) is 0 Å². The molecule has 1 aliphatic heterocycles. The second kappa shape index (κ2) is 5.74. The third kappa shape index (κ3) is 2.81. The van der Waals surface area contributed by atoms with Gasteiger partial charge in [0.05, 0.1) is 12.7 Å². The summed E-state index contributed by atoms with van der Waals surface area (Å²) in [5.74, 6) is 1.37. The molecule has 2 aromatic rings. The number of para-hydroxylation sites is 1. The number of rotatable bonds is 5. The molecule has 1 aromatic heterocycles. The molecule has 100 valence electrons. The molecule has 2 atom stereocenters. The molecule has 0 saturated carbocycles. The zero-order valence-corrected chi connectivity index (χ0v) is 11.4. The Balaban J connectivity index is 1.51. The lowest BCUT2D eigenvalue weighted by molar-refractivity contribution is 0.174. The highest BCUT2D eigenvalue weighted by atomic mass is 32.1. The molecule has 19 heavy (non-hydrogen) atoms. The predicted molar refractivity (Wildman–Crippen MR) is 76.8 cm³/mol. The van der Waals surface area contributed by atoms with Gasteiger partial charge < -0.3 is 15.2 Å². The first-order valence-corrected chi connectivity index (χ1v) is 7.41. The van der Waals surface area contributed by atoms with E-state index in [2.05, 4.69) is 11.4 Å². The summed E-state index contributed by atoms with van der Waals surface area (Å²) >= 11 is 1.61. The molecule has 3 nitrogen and oxygen atoms in total. The minimum Gasteiger partial charge on any atom is -0.493 e. The van der Waals surface area contributed by atoms with E-state index in [1.165, 1.54) is 5.56 Å². The van der Waals surface area contributed by atoms with Gasteiger partial charge in [-0.15, -0.1) is 0 Å². The van der Waals surface area contributed by atoms with Gasteiger partial charge in [0.25, 0.3) is 0 Å². The highest BCUT2D eigenvalue weighted by Crippen LogP contribution is 2.32. The van der Waals surface area contributed by atoms with E-state index in [4.69, 9.17) is 4.74 Å². The van der Waals surface area contributed by atoms with Crippen LogP contribution in [-0.2, 0) is 0 Å². The van der Waals surface area contributed by atoms with Crippen LogP contribution in [0.15, 0.2) is 41.1 Å². The number of ether oxygens (including phenoxy) is 1. The fourth-order valence-electron chi connectivity index (χ4n) is 2.38. The molecule has 2 unspecified atom stereocenters. The summed E-state index contributed by atoms with van der Waals surface area (Å²) in [5, 5.41) is 17.3. The Morgan fingerprint density at radius 2 is 2.26 bits per heavy atom. The maximum absolute atomic E-state index is 9.99. The average Bonchev–Trinajstić information content (AvgIpc) is 3.08. The molecule has 0 radical (unpaired) electrons. The van der Waals surface area contributed by atoms with Crippen LogP contribution in [0, 0.1) is 0 Å². The van der Waals surface area contributed by atoms with Crippen molar-refractivity contribution in [3.8, 4) is 5.75 Å². The van der Waals surface area contributed by atoms with Gasteiger partial charge >= 0.3 is 0 Å². The molecule has 1 aliphatic rings. The summed E-state index contributed by atoms with van der Waals surface area (Å²) in [4.78, 5) is 0. The molecule has 0 spiro atoms. The van der Waals surface area contributed by atoms with E-state index < -0.39 is 6.10 Å². The Labute approximate surface area is 116 Å². The number of aliphatic hydroxyl groups excluding tert-OH is 1. The summed E-state index contributed by atoms with van der Waals surface area (Å²) in [6, 6.07) is 10.1. The molecule has 4 heteroatoms. The second-order valence-corrected chi connectivity index (χ2v) is 5.56. The van der Waals surface area contributed by atoms with Gasteiger partial charge in [-0.25, -0.2) is 0 Å². The number of fused-ring (bicyclic) bond motifs is 1. The lowest BCUT2D eigenvalue weighted by Crippen LogP contribution is -2.27. The summed E-state index contributed by atoms with van der Waals surface area (Å²) in [6.45, 7) is 2.13. The second-order valence-electron chi connectivity index (χ2n) is 4.78. The maximum Gasteiger partial charge on any atom is 0.122 e. The standard InChI is InChI=1S/C15H17NO2S/c17-14(11-5-6-19-10-11)8-16-7-12-9-18-15-4-2-1-3-13(12)15/h1-6,10,12,14,16-17H,7-9H2. The van der Waals surface area contributed by atoms with Crippen LogP contribution < -0.4 is 10.1 Å². The van der Waals surface area contributed by atoms with Gasteiger partial charge in [-0.3, -0.25) is 0 Å². The zero-order valence-electron chi connectivity index (χ0n) is 10.6. The van der Waals surface area contributed by atoms with E-state index in [-0.39, 0.29) is 0 Å². The van der Waals surface area contributed by atoms with Crippen LogP contribution in [0.5, 0.6) is 5.75 Å². The number of hydrogen-bond donors (Lipinski definition) is 2. The molecule has 3 rings (SSSR count). The van der Waals surface area contributed by atoms with Gasteiger partial charge in [-0.05, 0) is 28.5 Å². The Morgan fingerprint density at radius 1 is 1.37 bits per heavy atom. The van der Waals surface area contributed by atoms with Crippen molar-refractivity contribution < 1.29 is 9.84 Å². The highest BCUT2D eigenvalue weighted by Gasteiger charge is 2.23. The molecule has 0 aliphatic carbocycles. The topological polar surface area (TPSA) is 41.5 Å². The van der Waals surface area contributed by atoms with Crippen molar-refractivity contribution in [2.75, 3.05) is 19.7 Å². The highest BCUT2D eigenvalue weighted by molar-refractivity contribution is 7.07. The van der Waals surface area contributed by atoms with Gasteiger partial charge in [-0.1, -0.05) is 18.2 Å². The fraction of sp³-hybridized carbons (Fsp3) is 0.333. The predicted octanol–water partition coefficient (Wildman–Crippen LogP) is 2.55. The van der Waals surface area contributed by atoms with Gasteiger partial charge in [0.1, 0.15) is 5.75 Å². The molecule has 2 heterocycles. The largest absolute Gasteiger partial charge is 0.493 e. The number of nitrogens with one attached hydrogen (secondary N) is 1. The molecule has 0 fully saturated rings. The SMILES string of the molecule is OC(CNCC1COc2ccccc21)c1ccsc1. The molecule has 2 N–H and O–H groups in total. The van der Waals surface area contributed by atoms with E-state index >= 15 is 0 Å². The number of benzene rings is 1. The van der Waals surface area contributed by atoms with Gasteiger partial charge in [0, 0.05) is 24.6 Å². The molecule has 0 saturated heterocycles. The third-order valence-corrected chi connectivity index (χ3v) is 4.16. The Kier molecular flexibility index (Phi) is 3.82. The fourth-order valence-corrected chi connectivity index (χ4v) is 3.08. The summed E-state index contributed by atoms with van der Waals surface area (Å²) in [7, 11) is 0. The van der Waals surface area contributed by atoms with Crippen LogP contribution in [0.2, 0.25) is 0 Å². The van der Waals surface area contributed by atoms with Crippen molar-refractivity contribution in [1.29, 1.82) is 0 Å². The first-order valence-electron chi connectivity index (χ1n) is 6.47. The third-order valence-electron chi connectivity index (χ3n) is 3.46. The number of aliphatic hydroxyl groups is 1. The van der Waals surface area contributed by atoms with E-state index in [1.54, 1.807) is 11.3 Å². The normalized spacial score (nSPS) is 18.9. The van der Waals surface area contributed by atoms with E-state index in [0.717, 1.165) is 24.5 Å². The lowest BCUT2D eigenvalue weighted by Gasteiger charge is -2.13. The smallest absolute Gasteiger partial charge is 0.122 e. The monoisotopic (exact) mass is 275 g/mol.